The van der Waals surface area contributed by atoms with E-state index in [-0.39, 0.29) is 49.3 Å². The number of hydrogen-bond donors (Lipinski definition) is 3. The molecule has 0 rings (SSSR count). The number of carboxylic acids is 2. The standard InChI is InChI=1S/C5H9NO4.Na.H2O.H/c6-3(5(9)10)1-2-4(7)8;;;/h3H,1-2,6H2,(H,7,8)(H,9,10);;1H2;/q;+1;;-1/t3-;;;/m1.../s1. The number of aliphatic carboxylic acids is 2. The van der Waals surface area contributed by atoms with Crippen LogP contribution >= 0.6 is 0 Å². The molecule has 0 aromatic heterocycles. The molecule has 0 unspecified atom stereocenters. The molecule has 6 N–H and O–H groups in total. The first-order valence-electron chi connectivity index (χ1n) is 2.74. The molecule has 0 heterocycles. The van der Waals surface area contributed by atoms with Gasteiger partial charge in [0.05, 0.1) is 0 Å². The molecule has 0 spiro atoms. The fourth-order valence-corrected chi connectivity index (χ4v) is 0.402. The molecule has 0 aliphatic carbocycles. The predicted molar refractivity (Wildman–Crippen MR) is 37.2 cm³/mol. The second-order valence-corrected chi connectivity index (χ2v) is 1.88. The maximum atomic E-state index is 9.99. The van der Waals surface area contributed by atoms with Crippen LogP contribution in [0.25, 0.3) is 0 Å². The van der Waals surface area contributed by atoms with Crippen molar-refractivity contribution in [2.45, 2.75) is 18.9 Å². The largest absolute Gasteiger partial charge is 1.00 e. The molecule has 0 radical (unpaired) electrons. The summed E-state index contributed by atoms with van der Waals surface area (Å²) in [6, 6.07) is -1.06. The molecular formula is C5H12NNaO5. The summed E-state index contributed by atoms with van der Waals surface area (Å²) < 4.78 is 0. The summed E-state index contributed by atoms with van der Waals surface area (Å²) in [5.74, 6) is -2.20. The van der Waals surface area contributed by atoms with E-state index < -0.39 is 18.0 Å². The van der Waals surface area contributed by atoms with E-state index >= 15 is 0 Å². The number of carboxylic acid groups (broad SMARTS) is 2. The van der Waals surface area contributed by atoms with Crippen LogP contribution in [0.5, 0.6) is 0 Å². The van der Waals surface area contributed by atoms with Gasteiger partial charge in [0.1, 0.15) is 6.04 Å². The van der Waals surface area contributed by atoms with Gasteiger partial charge in [0.15, 0.2) is 0 Å². The van der Waals surface area contributed by atoms with Gasteiger partial charge in [-0.25, -0.2) is 0 Å². The molecule has 0 aromatic carbocycles. The SMILES string of the molecule is N[C@H](CCC(=O)O)C(=O)O.O.[H-].[Na+]. The van der Waals surface area contributed by atoms with E-state index in [1.807, 2.05) is 0 Å². The second-order valence-electron chi connectivity index (χ2n) is 1.88. The Kier molecular flexibility index (Phi) is 13.3. The van der Waals surface area contributed by atoms with Crippen molar-refractivity contribution in [2.24, 2.45) is 5.73 Å². The zero-order valence-corrected chi connectivity index (χ0v) is 8.78. The van der Waals surface area contributed by atoms with Crippen LogP contribution in [-0.2, 0) is 9.59 Å². The molecule has 0 aliphatic rings. The maximum absolute atomic E-state index is 9.99. The van der Waals surface area contributed by atoms with Gasteiger partial charge in [-0.2, -0.15) is 0 Å². The summed E-state index contributed by atoms with van der Waals surface area (Å²) in [6.45, 7) is 0. The van der Waals surface area contributed by atoms with Crippen LogP contribution in [0.3, 0.4) is 0 Å². The average molecular weight is 189 g/mol. The maximum Gasteiger partial charge on any atom is 1.00 e. The Morgan fingerprint density at radius 3 is 2.08 bits per heavy atom. The minimum Gasteiger partial charge on any atom is -1.00 e. The van der Waals surface area contributed by atoms with Gasteiger partial charge in [0.25, 0.3) is 0 Å². The Morgan fingerprint density at radius 2 is 1.83 bits per heavy atom. The molecule has 7 heteroatoms. The number of carbonyl (C=O) groups is 2. The van der Waals surface area contributed by atoms with Gasteiger partial charge in [0, 0.05) is 6.42 Å². The average Bonchev–Trinajstić information content (AvgIpc) is 1.82. The fraction of sp³-hybridized carbons (Fsp3) is 0.600. The first-order valence-corrected chi connectivity index (χ1v) is 2.74. The van der Waals surface area contributed by atoms with Gasteiger partial charge in [0.2, 0.25) is 0 Å². The topological polar surface area (TPSA) is 132 Å². The number of hydrogen-bond acceptors (Lipinski definition) is 3. The molecule has 0 fully saturated rings. The van der Waals surface area contributed by atoms with Crippen LogP contribution < -0.4 is 35.3 Å². The zero-order valence-electron chi connectivity index (χ0n) is 7.78. The molecular weight excluding hydrogens is 177 g/mol. The summed E-state index contributed by atoms with van der Waals surface area (Å²) in [4.78, 5) is 19.9. The molecule has 6 nitrogen and oxygen atoms in total. The van der Waals surface area contributed by atoms with Crippen molar-refractivity contribution in [1.82, 2.24) is 0 Å². The zero-order chi connectivity index (χ0) is 8.15. The van der Waals surface area contributed by atoms with Crippen molar-refractivity contribution in [3.63, 3.8) is 0 Å². The molecule has 0 bridgehead atoms. The first kappa shape index (κ1) is 17.8. The van der Waals surface area contributed by atoms with E-state index in [1.165, 1.54) is 0 Å². The number of nitrogens with two attached hydrogens (primary N) is 1. The van der Waals surface area contributed by atoms with Crippen molar-refractivity contribution in [3.8, 4) is 0 Å². The summed E-state index contributed by atoms with van der Waals surface area (Å²) >= 11 is 0. The molecule has 68 valence electrons. The van der Waals surface area contributed by atoms with Crippen LogP contribution in [0.15, 0.2) is 0 Å². The van der Waals surface area contributed by atoms with Crippen LogP contribution in [0.4, 0.5) is 0 Å². The Bertz CT molecular complexity index is 156. The molecule has 12 heavy (non-hydrogen) atoms. The summed E-state index contributed by atoms with van der Waals surface area (Å²) in [5.41, 5.74) is 5.00. The Balaban J connectivity index is -0.000000135. The third kappa shape index (κ3) is 9.86. The summed E-state index contributed by atoms with van der Waals surface area (Å²) in [6.07, 6.45) is -0.224. The minimum absolute atomic E-state index is 0. The third-order valence-corrected chi connectivity index (χ3v) is 0.986. The predicted octanol–water partition coefficient (Wildman–Crippen LogP) is -4.45. The second kappa shape index (κ2) is 8.95. The number of rotatable bonds is 4. The van der Waals surface area contributed by atoms with Gasteiger partial charge in [-0.15, -0.1) is 0 Å². The van der Waals surface area contributed by atoms with E-state index in [4.69, 9.17) is 15.9 Å². The van der Waals surface area contributed by atoms with Gasteiger partial charge < -0.3 is 22.8 Å². The van der Waals surface area contributed by atoms with Crippen molar-refractivity contribution in [1.29, 1.82) is 0 Å². The van der Waals surface area contributed by atoms with E-state index in [9.17, 15) is 9.59 Å². The molecule has 0 saturated heterocycles. The molecule has 0 saturated carbocycles. The molecule has 1 atom stereocenters. The normalized spacial score (nSPS) is 10.4. The van der Waals surface area contributed by atoms with E-state index in [0.29, 0.717) is 0 Å². The fourth-order valence-electron chi connectivity index (χ4n) is 0.402. The van der Waals surface area contributed by atoms with Crippen molar-refractivity contribution in [2.75, 3.05) is 0 Å². The van der Waals surface area contributed by atoms with Crippen LogP contribution in [0.2, 0.25) is 0 Å². The summed E-state index contributed by atoms with van der Waals surface area (Å²) in [5, 5.41) is 16.3. The van der Waals surface area contributed by atoms with Crippen LogP contribution in [0.1, 0.15) is 14.3 Å². The van der Waals surface area contributed by atoms with Crippen molar-refractivity contribution >= 4 is 11.9 Å². The quantitative estimate of drug-likeness (QED) is 0.384. The molecule has 0 aromatic rings. The van der Waals surface area contributed by atoms with Gasteiger partial charge >= 0.3 is 41.5 Å². The Morgan fingerprint density at radius 1 is 1.42 bits per heavy atom. The van der Waals surface area contributed by atoms with E-state index in [1.54, 1.807) is 0 Å². The van der Waals surface area contributed by atoms with E-state index in [2.05, 4.69) is 0 Å². The summed E-state index contributed by atoms with van der Waals surface area (Å²) in [7, 11) is 0. The van der Waals surface area contributed by atoms with Crippen LogP contribution in [-0.4, -0.2) is 33.7 Å². The third-order valence-electron chi connectivity index (χ3n) is 0.986. The molecule has 0 aliphatic heterocycles. The minimum atomic E-state index is -1.17. The van der Waals surface area contributed by atoms with Crippen LogP contribution in [0, 0.1) is 0 Å². The smallest absolute Gasteiger partial charge is 1.00 e. The Labute approximate surface area is 92.8 Å². The van der Waals surface area contributed by atoms with E-state index in [0.717, 1.165) is 0 Å². The first-order chi connectivity index (χ1) is 4.54. The Hall–Kier alpha value is -0.140. The van der Waals surface area contributed by atoms with Gasteiger partial charge in [-0.05, 0) is 6.42 Å². The van der Waals surface area contributed by atoms with Gasteiger partial charge in [-0.1, -0.05) is 0 Å². The van der Waals surface area contributed by atoms with Crippen molar-refractivity contribution < 1.29 is 56.3 Å². The van der Waals surface area contributed by atoms with Gasteiger partial charge in [-0.3, -0.25) is 9.59 Å². The van der Waals surface area contributed by atoms with Crippen molar-refractivity contribution in [3.05, 3.63) is 0 Å². The monoisotopic (exact) mass is 189 g/mol. The molecule has 0 amide bonds.